The van der Waals surface area contributed by atoms with E-state index in [-0.39, 0.29) is 6.04 Å². The molecule has 0 amide bonds. The molecule has 7 heteroatoms. The number of rotatable bonds is 9. The van der Waals surface area contributed by atoms with Gasteiger partial charge in [-0.1, -0.05) is 0 Å². The Kier molecular flexibility index (Phi) is 7.35. The van der Waals surface area contributed by atoms with E-state index in [0.717, 1.165) is 51.3 Å². The lowest BCUT2D eigenvalue weighted by Crippen LogP contribution is -2.34. The molecule has 0 aromatic heterocycles. The number of hydrogen-bond acceptors (Lipinski definition) is 7. The second-order valence-corrected chi connectivity index (χ2v) is 7.80. The first-order chi connectivity index (χ1) is 17.1. The lowest BCUT2D eigenvalue weighted by atomic mass is 10.0. The molecular weight excluding hydrogens is 444 g/mol. The van der Waals surface area contributed by atoms with Gasteiger partial charge in [0.2, 0.25) is 0 Å². The minimum atomic E-state index is -0.153. The van der Waals surface area contributed by atoms with Crippen molar-refractivity contribution in [3.05, 3.63) is 89.6 Å². The van der Waals surface area contributed by atoms with Gasteiger partial charge in [-0.15, -0.1) is 0 Å². The molecule has 0 saturated carbocycles. The number of benzene rings is 3. The zero-order valence-electron chi connectivity index (χ0n) is 20.6. The fraction of sp³-hybridized carbons (Fsp3) is 0.214. The van der Waals surface area contributed by atoms with Crippen molar-refractivity contribution in [3.8, 4) is 28.7 Å². The van der Waals surface area contributed by atoms with Crippen LogP contribution in [0.3, 0.4) is 0 Å². The Morgan fingerprint density at radius 2 is 1.26 bits per heavy atom. The number of ether oxygens (including phenoxy) is 5. The van der Waals surface area contributed by atoms with Crippen molar-refractivity contribution in [2.75, 3.05) is 40.6 Å². The maximum Gasteiger partial charge on any atom is 0.126 e. The highest BCUT2D eigenvalue weighted by atomic mass is 16.5. The van der Waals surface area contributed by atoms with Crippen LogP contribution in [0.5, 0.6) is 28.7 Å². The van der Waals surface area contributed by atoms with Gasteiger partial charge >= 0.3 is 0 Å². The molecule has 0 radical (unpaired) electrons. The van der Waals surface area contributed by atoms with Crippen LogP contribution in [-0.2, 0) is 0 Å². The van der Waals surface area contributed by atoms with E-state index in [1.54, 1.807) is 35.5 Å². The number of hydrogen-bond donors (Lipinski definition) is 1. The maximum absolute atomic E-state index is 5.69. The Balaban J connectivity index is 1.74. The van der Waals surface area contributed by atoms with Gasteiger partial charge in [-0.2, -0.15) is 0 Å². The second-order valence-electron chi connectivity index (χ2n) is 7.80. The molecule has 1 aliphatic rings. The quantitative estimate of drug-likeness (QED) is 0.446. The molecule has 0 saturated heterocycles. The van der Waals surface area contributed by atoms with Crippen LogP contribution in [0.2, 0.25) is 0 Å². The monoisotopic (exact) mass is 474 g/mol. The summed E-state index contributed by atoms with van der Waals surface area (Å²) in [6, 6.07) is 19.3. The summed E-state index contributed by atoms with van der Waals surface area (Å²) >= 11 is 0. The number of nitrogens with zero attached hydrogens (tertiary/aromatic N) is 1. The van der Waals surface area contributed by atoms with Crippen molar-refractivity contribution in [2.24, 2.45) is 0 Å². The highest BCUT2D eigenvalue weighted by Gasteiger charge is 2.28. The SMILES string of the molecule is COc1ccc(N2NC(C=Cc3cc(OC)ccc3OC)=CC2c2cc(OC)ccc2OC)cc1. The molecule has 1 atom stereocenters. The zero-order chi connectivity index (χ0) is 24.8. The van der Waals surface area contributed by atoms with E-state index < -0.39 is 0 Å². The molecule has 3 aromatic rings. The Morgan fingerprint density at radius 1 is 0.657 bits per heavy atom. The van der Waals surface area contributed by atoms with Crippen molar-refractivity contribution < 1.29 is 23.7 Å². The predicted octanol–water partition coefficient (Wildman–Crippen LogP) is 5.39. The van der Waals surface area contributed by atoms with E-state index in [0.29, 0.717) is 0 Å². The molecule has 0 spiro atoms. The molecule has 0 fully saturated rings. The highest BCUT2D eigenvalue weighted by Crippen LogP contribution is 2.39. The van der Waals surface area contributed by atoms with Gasteiger partial charge in [0.05, 0.1) is 53.0 Å². The summed E-state index contributed by atoms with van der Waals surface area (Å²) in [7, 11) is 8.29. The number of allylic oxidation sites excluding steroid dienone is 1. The molecule has 1 heterocycles. The number of anilines is 1. The fourth-order valence-corrected chi connectivity index (χ4v) is 4.00. The summed E-state index contributed by atoms with van der Waals surface area (Å²) in [5, 5.41) is 2.08. The first-order valence-corrected chi connectivity index (χ1v) is 11.1. The van der Waals surface area contributed by atoms with Crippen molar-refractivity contribution >= 4 is 11.8 Å². The zero-order valence-corrected chi connectivity index (χ0v) is 20.6. The third kappa shape index (κ3) is 5.14. The number of methoxy groups -OCH3 is 5. The van der Waals surface area contributed by atoms with Gasteiger partial charge in [-0.25, -0.2) is 0 Å². The summed E-state index contributed by atoms with van der Waals surface area (Å²) < 4.78 is 27.4. The van der Waals surface area contributed by atoms with Crippen molar-refractivity contribution in [3.63, 3.8) is 0 Å². The largest absolute Gasteiger partial charge is 0.497 e. The molecule has 182 valence electrons. The predicted molar refractivity (Wildman–Crippen MR) is 138 cm³/mol. The number of hydrazine groups is 1. The van der Waals surface area contributed by atoms with Gasteiger partial charge < -0.3 is 23.7 Å². The minimum absolute atomic E-state index is 0.153. The third-order valence-corrected chi connectivity index (χ3v) is 5.85. The van der Waals surface area contributed by atoms with Crippen LogP contribution in [0.25, 0.3) is 6.08 Å². The van der Waals surface area contributed by atoms with Crippen LogP contribution in [-0.4, -0.2) is 35.5 Å². The van der Waals surface area contributed by atoms with E-state index in [1.807, 2.05) is 72.8 Å². The Labute approximate surface area is 206 Å². The summed E-state index contributed by atoms with van der Waals surface area (Å²) in [6.45, 7) is 0. The van der Waals surface area contributed by atoms with Crippen molar-refractivity contribution in [2.45, 2.75) is 6.04 Å². The normalized spacial score (nSPS) is 14.9. The van der Waals surface area contributed by atoms with Gasteiger partial charge in [0.25, 0.3) is 0 Å². The summed E-state index contributed by atoms with van der Waals surface area (Å²) in [5.41, 5.74) is 7.29. The van der Waals surface area contributed by atoms with Crippen molar-refractivity contribution in [1.29, 1.82) is 0 Å². The molecular formula is C28H30N2O5. The fourth-order valence-electron chi connectivity index (χ4n) is 4.00. The Hall–Kier alpha value is -4.26. The molecule has 1 unspecified atom stereocenters. The lowest BCUT2D eigenvalue weighted by molar-refractivity contribution is 0.396. The van der Waals surface area contributed by atoms with Crippen molar-refractivity contribution in [1.82, 2.24) is 5.43 Å². The van der Waals surface area contributed by atoms with Gasteiger partial charge in [-0.05, 0) is 78.9 Å². The smallest absolute Gasteiger partial charge is 0.126 e. The van der Waals surface area contributed by atoms with Gasteiger partial charge in [0.1, 0.15) is 28.7 Å². The van der Waals surface area contributed by atoms with E-state index >= 15 is 0 Å². The molecule has 35 heavy (non-hydrogen) atoms. The summed E-state index contributed by atoms with van der Waals surface area (Å²) in [5.74, 6) is 3.85. The van der Waals surface area contributed by atoms with Crippen LogP contribution in [0.15, 0.2) is 78.5 Å². The minimum Gasteiger partial charge on any atom is -0.497 e. The van der Waals surface area contributed by atoms with Crippen LogP contribution in [0.4, 0.5) is 5.69 Å². The van der Waals surface area contributed by atoms with Crippen LogP contribution in [0.1, 0.15) is 17.2 Å². The molecule has 0 bridgehead atoms. The van der Waals surface area contributed by atoms with E-state index in [4.69, 9.17) is 23.7 Å². The Bertz CT molecular complexity index is 1220. The van der Waals surface area contributed by atoms with Gasteiger partial charge in [0.15, 0.2) is 0 Å². The van der Waals surface area contributed by atoms with Crippen LogP contribution < -0.4 is 34.1 Å². The molecule has 4 rings (SSSR count). The lowest BCUT2D eigenvalue weighted by Gasteiger charge is -2.28. The number of nitrogens with one attached hydrogen (secondary N) is 1. The third-order valence-electron chi connectivity index (χ3n) is 5.85. The van der Waals surface area contributed by atoms with Gasteiger partial charge in [-0.3, -0.25) is 10.4 Å². The molecule has 1 aliphatic heterocycles. The summed E-state index contributed by atoms with van der Waals surface area (Å²) in [6.07, 6.45) is 6.16. The average molecular weight is 475 g/mol. The first-order valence-electron chi connectivity index (χ1n) is 11.1. The second kappa shape index (κ2) is 10.8. The topological polar surface area (TPSA) is 61.4 Å². The van der Waals surface area contributed by atoms with E-state index in [1.165, 1.54) is 0 Å². The molecule has 3 aromatic carbocycles. The maximum atomic E-state index is 5.69. The van der Waals surface area contributed by atoms with Gasteiger partial charge in [0, 0.05) is 11.1 Å². The Morgan fingerprint density at radius 3 is 1.89 bits per heavy atom. The van der Waals surface area contributed by atoms with Crippen LogP contribution in [0, 0.1) is 0 Å². The average Bonchev–Trinajstić information content (AvgIpc) is 3.35. The van der Waals surface area contributed by atoms with E-state index in [2.05, 4.69) is 16.5 Å². The molecule has 0 aliphatic carbocycles. The molecule has 1 N–H and O–H groups in total. The summed E-state index contributed by atoms with van der Waals surface area (Å²) in [4.78, 5) is 0. The first kappa shape index (κ1) is 23.9. The molecule has 7 nitrogen and oxygen atoms in total. The highest BCUT2D eigenvalue weighted by molar-refractivity contribution is 5.64. The van der Waals surface area contributed by atoms with Crippen LogP contribution >= 0.6 is 0 Å². The standard InChI is InChI=1S/C28H30N2O5/c1-31-22-10-8-21(9-11-22)30-26(25-18-24(33-3)13-15-28(25)35-5)17-20(29-30)7-6-19-16-23(32-2)12-14-27(19)34-4/h6-18,26,29H,1-5H3. The van der Waals surface area contributed by atoms with E-state index in [9.17, 15) is 0 Å².